The lowest BCUT2D eigenvalue weighted by atomic mass is 9.93. The number of hydrogen-bond donors (Lipinski definition) is 1. The molecule has 0 saturated carbocycles. The zero-order chi connectivity index (χ0) is 13.8. The molecule has 1 aliphatic heterocycles. The molecule has 2 rings (SSSR count). The third kappa shape index (κ3) is 3.57. The van der Waals surface area contributed by atoms with Crippen LogP contribution in [-0.2, 0) is 4.79 Å². The highest BCUT2D eigenvalue weighted by Gasteiger charge is 2.30. The Bertz CT molecular complexity index is 444. The average molecular weight is 261 g/mol. The van der Waals surface area contributed by atoms with E-state index in [1.165, 1.54) is 17.5 Å². The fourth-order valence-electron chi connectivity index (χ4n) is 3.11. The lowest BCUT2D eigenvalue weighted by molar-refractivity contribution is -0.137. The van der Waals surface area contributed by atoms with E-state index in [0.29, 0.717) is 12.0 Å². The molecule has 3 nitrogen and oxygen atoms in total. The first-order chi connectivity index (χ1) is 9.08. The van der Waals surface area contributed by atoms with Gasteiger partial charge in [0, 0.05) is 19.0 Å². The van der Waals surface area contributed by atoms with Gasteiger partial charge < -0.3 is 10.0 Å². The second kappa shape index (κ2) is 6.20. The number of nitrogens with zero attached hydrogens (tertiary/aromatic N) is 1. The van der Waals surface area contributed by atoms with Crippen molar-refractivity contribution in [1.82, 2.24) is 4.90 Å². The summed E-state index contributed by atoms with van der Waals surface area (Å²) in [6.45, 7) is 6.38. The SMILES string of the molecule is Cc1ccccc1[C@@H]1C[C@@H](C)N(CCCC(=O)O)C1. The Morgan fingerprint density at radius 3 is 2.84 bits per heavy atom. The third-order valence-corrected chi connectivity index (χ3v) is 4.17. The zero-order valence-electron chi connectivity index (χ0n) is 11.8. The van der Waals surface area contributed by atoms with E-state index in [-0.39, 0.29) is 6.42 Å². The van der Waals surface area contributed by atoms with Crippen molar-refractivity contribution in [1.29, 1.82) is 0 Å². The molecule has 1 aromatic carbocycles. The van der Waals surface area contributed by atoms with Crippen LogP contribution in [0.5, 0.6) is 0 Å². The third-order valence-electron chi connectivity index (χ3n) is 4.17. The maximum absolute atomic E-state index is 10.6. The minimum atomic E-state index is -0.692. The molecule has 0 aliphatic carbocycles. The molecule has 0 amide bonds. The predicted octanol–water partition coefficient (Wildman–Crippen LogP) is 3.04. The van der Waals surface area contributed by atoms with E-state index in [2.05, 4.69) is 43.0 Å². The van der Waals surface area contributed by atoms with E-state index >= 15 is 0 Å². The molecule has 2 atom stereocenters. The first-order valence-corrected chi connectivity index (χ1v) is 7.09. The van der Waals surface area contributed by atoms with Gasteiger partial charge in [-0.1, -0.05) is 24.3 Å². The number of aliphatic carboxylic acids is 1. The predicted molar refractivity (Wildman–Crippen MR) is 76.4 cm³/mol. The van der Waals surface area contributed by atoms with E-state index in [9.17, 15) is 4.79 Å². The normalized spacial score (nSPS) is 23.7. The molecule has 0 spiro atoms. The largest absolute Gasteiger partial charge is 0.481 e. The highest BCUT2D eigenvalue weighted by Crippen LogP contribution is 2.33. The number of likely N-dealkylation sites (tertiary alicyclic amines) is 1. The van der Waals surface area contributed by atoms with Crippen molar-refractivity contribution in [3.8, 4) is 0 Å². The standard InChI is InChI=1S/C16H23NO2/c1-12-6-3-4-7-15(12)14-10-13(2)17(11-14)9-5-8-16(18)19/h3-4,6-7,13-14H,5,8-11H2,1-2H3,(H,18,19)/t13-,14-/m1/s1. The summed E-state index contributed by atoms with van der Waals surface area (Å²) in [5.41, 5.74) is 2.82. The van der Waals surface area contributed by atoms with E-state index in [1.54, 1.807) is 0 Å². The molecule has 104 valence electrons. The van der Waals surface area contributed by atoms with Gasteiger partial charge in [0.15, 0.2) is 0 Å². The fraction of sp³-hybridized carbons (Fsp3) is 0.562. The van der Waals surface area contributed by atoms with Crippen LogP contribution in [0.2, 0.25) is 0 Å². The molecule has 1 aromatic rings. The highest BCUT2D eigenvalue weighted by atomic mass is 16.4. The maximum Gasteiger partial charge on any atom is 0.303 e. The maximum atomic E-state index is 10.6. The first kappa shape index (κ1) is 14.1. The van der Waals surface area contributed by atoms with Gasteiger partial charge in [0.1, 0.15) is 0 Å². The lowest BCUT2D eigenvalue weighted by Gasteiger charge is -2.20. The monoisotopic (exact) mass is 261 g/mol. The Balaban J connectivity index is 1.94. The summed E-state index contributed by atoms with van der Waals surface area (Å²) >= 11 is 0. The van der Waals surface area contributed by atoms with Crippen molar-refractivity contribution < 1.29 is 9.90 Å². The van der Waals surface area contributed by atoms with Crippen molar-refractivity contribution in [2.45, 2.75) is 45.1 Å². The van der Waals surface area contributed by atoms with Crippen LogP contribution in [0.15, 0.2) is 24.3 Å². The van der Waals surface area contributed by atoms with E-state index in [1.807, 2.05) is 0 Å². The number of carboxylic acid groups (broad SMARTS) is 1. The second-order valence-corrected chi connectivity index (χ2v) is 5.63. The van der Waals surface area contributed by atoms with Crippen LogP contribution in [0.4, 0.5) is 0 Å². The van der Waals surface area contributed by atoms with Gasteiger partial charge in [0.05, 0.1) is 0 Å². The van der Waals surface area contributed by atoms with Gasteiger partial charge >= 0.3 is 5.97 Å². The Morgan fingerprint density at radius 1 is 1.42 bits per heavy atom. The average Bonchev–Trinajstić information content (AvgIpc) is 2.71. The quantitative estimate of drug-likeness (QED) is 0.885. The molecular weight excluding hydrogens is 238 g/mol. The second-order valence-electron chi connectivity index (χ2n) is 5.63. The molecule has 1 N–H and O–H groups in total. The van der Waals surface area contributed by atoms with Gasteiger partial charge in [-0.25, -0.2) is 0 Å². The number of carboxylic acids is 1. The number of carbonyl (C=O) groups is 1. The summed E-state index contributed by atoms with van der Waals surface area (Å²) in [5, 5.41) is 8.70. The molecule has 0 aromatic heterocycles. The molecule has 3 heteroatoms. The van der Waals surface area contributed by atoms with Crippen LogP contribution in [0.1, 0.15) is 43.2 Å². The molecule has 0 radical (unpaired) electrons. The number of benzene rings is 1. The van der Waals surface area contributed by atoms with Crippen LogP contribution in [0.3, 0.4) is 0 Å². The van der Waals surface area contributed by atoms with Crippen LogP contribution in [0.25, 0.3) is 0 Å². The summed E-state index contributed by atoms with van der Waals surface area (Å²) in [6.07, 6.45) is 2.20. The molecule has 1 aliphatic rings. The molecule has 19 heavy (non-hydrogen) atoms. The van der Waals surface area contributed by atoms with Crippen LogP contribution in [-0.4, -0.2) is 35.1 Å². The van der Waals surface area contributed by atoms with Gasteiger partial charge in [-0.3, -0.25) is 4.79 Å². The number of aryl methyl sites for hydroxylation is 1. The van der Waals surface area contributed by atoms with Gasteiger partial charge in [-0.2, -0.15) is 0 Å². The summed E-state index contributed by atoms with van der Waals surface area (Å²) < 4.78 is 0. The van der Waals surface area contributed by atoms with E-state index in [0.717, 1.165) is 19.5 Å². The van der Waals surface area contributed by atoms with E-state index in [4.69, 9.17) is 5.11 Å². The van der Waals surface area contributed by atoms with E-state index < -0.39 is 5.97 Å². The molecule has 1 fully saturated rings. The Kier molecular flexibility index (Phi) is 4.59. The minimum Gasteiger partial charge on any atom is -0.481 e. The summed E-state index contributed by atoms with van der Waals surface area (Å²) in [4.78, 5) is 13.0. The van der Waals surface area contributed by atoms with Crippen LogP contribution >= 0.6 is 0 Å². The van der Waals surface area contributed by atoms with Crippen molar-refractivity contribution >= 4 is 5.97 Å². The first-order valence-electron chi connectivity index (χ1n) is 7.09. The highest BCUT2D eigenvalue weighted by molar-refractivity contribution is 5.66. The summed E-state index contributed by atoms with van der Waals surface area (Å²) in [6, 6.07) is 9.15. The lowest BCUT2D eigenvalue weighted by Crippen LogP contribution is -2.28. The summed E-state index contributed by atoms with van der Waals surface area (Å²) in [7, 11) is 0. The van der Waals surface area contributed by atoms with Crippen molar-refractivity contribution in [3.05, 3.63) is 35.4 Å². The Labute approximate surface area is 115 Å². The number of hydrogen-bond acceptors (Lipinski definition) is 2. The van der Waals surface area contributed by atoms with Gasteiger partial charge in [-0.15, -0.1) is 0 Å². The Morgan fingerprint density at radius 2 is 2.16 bits per heavy atom. The van der Waals surface area contributed by atoms with Crippen LogP contribution < -0.4 is 0 Å². The molecule has 1 heterocycles. The fourth-order valence-corrected chi connectivity index (χ4v) is 3.11. The smallest absolute Gasteiger partial charge is 0.303 e. The molecular formula is C16H23NO2. The number of rotatable bonds is 5. The molecule has 0 bridgehead atoms. The van der Waals surface area contributed by atoms with Gasteiger partial charge in [0.2, 0.25) is 0 Å². The van der Waals surface area contributed by atoms with Crippen molar-refractivity contribution in [2.75, 3.05) is 13.1 Å². The zero-order valence-corrected chi connectivity index (χ0v) is 11.8. The minimum absolute atomic E-state index is 0.276. The van der Waals surface area contributed by atoms with Gasteiger partial charge in [-0.05, 0) is 50.3 Å². The van der Waals surface area contributed by atoms with Crippen LogP contribution in [0, 0.1) is 6.92 Å². The summed E-state index contributed by atoms with van der Waals surface area (Å²) in [5.74, 6) is -0.0941. The molecule has 0 unspecified atom stereocenters. The van der Waals surface area contributed by atoms with Crippen molar-refractivity contribution in [2.24, 2.45) is 0 Å². The molecule has 1 saturated heterocycles. The van der Waals surface area contributed by atoms with Crippen molar-refractivity contribution in [3.63, 3.8) is 0 Å². The topological polar surface area (TPSA) is 40.5 Å². The van der Waals surface area contributed by atoms with Gasteiger partial charge in [0.25, 0.3) is 0 Å². The Hall–Kier alpha value is -1.35.